The molecule has 0 aromatic carbocycles. The van der Waals surface area contributed by atoms with E-state index in [1.54, 1.807) is 0 Å². The molecule has 1 fully saturated rings. The van der Waals surface area contributed by atoms with Crippen LogP contribution in [0, 0.1) is 41.4 Å². The molecule has 0 amide bonds. The van der Waals surface area contributed by atoms with E-state index >= 15 is 0 Å². The van der Waals surface area contributed by atoms with Crippen LogP contribution in [0.4, 0.5) is 0 Å². The average molecular weight is 402 g/mol. The number of allylic oxidation sites excluding steroid dienone is 2. The van der Waals surface area contributed by atoms with Gasteiger partial charge in [0.2, 0.25) is 0 Å². The minimum absolute atomic E-state index is 0.853. The van der Waals surface area contributed by atoms with Crippen molar-refractivity contribution >= 4 is 0 Å². The third kappa shape index (κ3) is 7.41. The summed E-state index contributed by atoms with van der Waals surface area (Å²) in [5.74, 6) is 6.39. The largest absolute Gasteiger partial charge is 0.317 e. The molecule has 3 aliphatic rings. The van der Waals surface area contributed by atoms with E-state index < -0.39 is 0 Å². The number of hydrogen-bond donors (Lipinski definition) is 1. The predicted molar refractivity (Wildman–Crippen MR) is 128 cm³/mol. The van der Waals surface area contributed by atoms with E-state index in [1.807, 2.05) is 0 Å². The fourth-order valence-electron chi connectivity index (χ4n) is 6.83. The summed E-state index contributed by atoms with van der Waals surface area (Å²) in [6.45, 7) is 10.2. The predicted octanol–water partition coefficient (Wildman–Crippen LogP) is 8.01. The second kappa shape index (κ2) is 12.5. The molecule has 168 valence electrons. The Hall–Kier alpha value is -0.300. The molecule has 1 aliphatic heterocycles. The zero-order chi connectivity index (χ0) is 20.5. The highest BCUT2D eigenvalue weighted by Crippen LogP contribution is 2.44. The van der Waals surface area contributed by atoms with Crippen LogP contribution in [0.25, 0.3) is 0 Å². The molecule has 1 nitrogen and oxygen atoms in total. The summed E-state index contributed by atoms with van der Waals surface area (Å²) in [5.41, 5.74) is 0. The fraction of sp³-hybridized carbons (Fsp3) is 0.929. The van der Waals surface area contributed by atoms with Gasteiger partial charge in [-0.05, 0) is 112 Å². The van der Waals surface area contributed by atoms with E-state index in [-0.39, 0.29) is 0 Å². The van der Waals surface area contributed by atoms with Gasteiger partial charge >= 0.3 is 0 Å². The number of nitrogens with one attached hydrogen (secondary N) is 1. The van der Waals surface area contributed by atoms with Gasteiger partial charge in [0, 0.05) is 0 Å². The molecule has 1 N–H and O–H groups in total. The summed E-state index contributed by atoms with van der Waals surface area (Å²) < 4.78 is 0. The Kier molecular flexibility index (Phi) is 10.1. The Balaban J connectivity index is 1.78. The van der Waals surface area contributed by atoms with Gasteiger partial charge in [0.15, 0.2) is 0 Å². The number of hydrogen-bond acceptors (Lipinski definition) is 1. The molecule has 2 aliphatic carbocycles. The van der Waals surface area contributed by atoms with E-state index in [2.05, 4.69) is 38.2 Å². The second-order valence-corrected chi connectivity index (χ2v) is 11.3. The maximum absolute atomic E-state index is 3.69. The van der Waals surface area contributed by atoms with Crippen molar-refractivity contribution in [2.75, 3.05) is 13.1 Å². The molecule has 1 heteroatoms. The normalized spacial score (nSPS) is 42.7. The first kappa shape index (κ1) is 23.4. The van der Waals surface area contributed by atoms with Gasteiger partial charge < -0.3 is 5.32 Å². The van der Waals surface area contributed by atoms with E-state index in [0.717, 1.165) is 41.4 Å². The third-order valence-electron chi connectivity index (χ3n) is 9.22. The van der Waals surface area contributed by atoms with E-state index in [9.17, 15) is 0 Å². The Morgan fingerprint density at radius 1 is 0.621 bits per heavy atom. The Morgan fingerprint density at radius 3 is 2.03 bits per heavy atom. The molecule has 3 rings (SSSR count). The number of rotatable bonds is 0. The first-order chi connectivity index (χ1) is 14.1. The van der Waals surface area contributed by atoms with Crippen molar-refractivity contribution in [2.45, 2.75) is 111 Å². The van der Waals surface area contributed by atoms with Gasteiger partial charge in [-0.25, -0.2) is 0 Å². The molecule has 1 saturated carbocycles. The Labute approximate surface area is 182 Å². The van der Waals surface area contributed by atoms with Gasteiger partial charge in [-0.1, -0.05) is 65.0 Å². The lowest BCUT2D eigenvalue weighted by Crippen LogP contribution is -2.23. The van der Waals surface area contributed by atoms with Gasteiger partial charge in [-0.15, -0.1) is 0 Å². The molecular weight excluding hydrogens is 350 g/mol. The minimum atomic E-state index is 0.853. The third-order valence-corrected chi connectivity index (χ3v) is 9.22. The summed E-state index contributed by atoms with van der Waals surface area (Å²) in [7, 11) is 0. The van der Waals surface area contributed by atoms with Crippen molar-refractivity contribution in [2.24, 2.45) is 41.4 Å². The molecule has 29 heavy (non-hydrogen) atoms. The summed E-state index contributed by atoms with van der Waals surface area (Å²) in [6.07, 6.45) is 25.6. The molecule has 0 radical (unpaired) electrons. The second-order valence-electron chi connectivity index (χ2n) is 11.3. The lowest BCUT2D eigenvalue weighted by Gasteiger charge is -2.32. The molecule has 4 bridgehead atoms. The van der Waals surface area contributed by atoms with Gasteiger partial charge in [0.05, 0.1) is 0 Å². The Morgan fingerprint density at radius 2 is 1.24 bits per heavy atom. The smallest absolute Gasteiger partial charge is 0.00489 e. The fourth-order valence-corrected chi connectivity index (χ4v) is 6.83. The SMILES string of the molecule is CC1CC2CCC(CC(C)C1C)C1C/C=C\C2CCCCCCNCCCCC1. The summed E-state index contributed by atoms with van der Waals surface area (Å²) in [4.78, 5) is 0. The van der Waals surface area contributed by atoms with Crippen LogP contribution in [0.1, 0.15) is 111 Å². The van der Waals surface area contributed by atoms with Crippen LogP contribution < -0.4 is 5.32 Å². The molecular formula is C28H51N. The molecule has 1 heterocycles. The van der Waals surface area contributed by atoms with E-state index in [4.69, 9.17) is 0 Å². The molecule has 0 saturated heterocycles. The summed E-state index contributed by atoms with van der Waals surface area (Å²) >= 11 is 0. The van der Waals surface area contributed by atoms with E-state index in [0.29, 0.717) is 0 Å². The lowest BCUT2D eigenvalue weighted by atomic mass is 9.73. The standard InChI is InChI=1S/C28H51N/c1-22-20-27-16-17-28(21-23(2)24(22)3)26-13-8-6-10-19-29-18-9-5-4-7-12-25(27)14-11-15-26/h11,14,22-29H,4-10,12-13,15-21H2,1-3H3/b14-11-. The molecule has 0 aromatic heterocycles. The van der Waals surface area contributed by atoms with Crippen LogP contribution in [0.15, 0.2) is 12.2 Å². The first-order valence-electron chi connectivity index (χ1n) is 13.5. The highest BCUT2D eigenvalue weighted by Gasteiger charge is 2.33. The van der Waals surface area contributed by atoms with Gasteiger partial charge in [0.25, 0.3) is 0 Å². The minimum Gasteiger partial charge on any atom is -0.317 e. The quantitative estimate of drug-likeness (QED) is 0.405. The van der Waals surface area contributed by atoms with Crippen molar-refractivity contribution < 1.29 is 0 Å². The zero-order valence-corrected chi connectivity index (χ0v) is 20.0. The van der Waals surface area contributed by atoms with Crippen LogP contribution in [0.3, 0.4) is 0 Å². The summed E-state index contributed by atoms with van der Waals surface area (Å²) in [6, 6.07) is 0. The topological polar surface area (TPSA) is 12.0 Å². The van der Waals surface area contributed by atoms with Gasteiger partial charge in [-0.3, -0.25) is 0 Å². The van der Waals surface area contributed by atoms with Crippen LogP contribution in [-0.2, 0) is 0 Å². The van der Waals surface area contributed by atoms with Crippen molar-refractivity contribution in [1.29, 1.82) is 0 Å². The molecule has 0 spiro atoms. The van der Waals surface area contributed by atoms with Crippen molar-refractivity contribution in [3.63, 3.8) is 0 Å². The van der Waals surface area contributed by atoms with Crippen LogP contribution >= 0.6 is 0 Å². The number of fused-ring (bicyclic) bond motifs is 8. The average Bonchev–Trinajstić information content (AvgIpc) is 2.81. The van der Waals surface area contributed by atoms with Crippen LogP contribution in [-0.4, -0.2) is 13.1 Å². The molecule has 0 aromatic rings. The lowest BCUT2D eigenvalue weighted by molar-refractivity contribution is 0.189. The van der Waals surface area contributed by atoms with E-state index in [1.165, 1.54) is 103 Å². The summed E-state index contributed by atoms with van der Waals surface area (Å²) in [5, 5.41) is 3.69. The van der Waals surface area contributed by atoms with Crippen molar-refractivity contribution in [3.8, 4) is 0 Å². The maximum atomic E-state index is 3.69. The van der Waals surface area contributed by atoms with Gasteiger partial charge in [0.1, 0.15) is 0 Å². The molecule has 7 atom stereocenters. The first-order valence-corrected chi connectivity index (χ1v) is 13.5. The van der Waals surface area contributed by atoms with Crippen LogP contribution in [0.5, 0.6) is 0 Å². The maximum Gasteiger partial charge on any atom is -0.00489 e. The highest BCUT2D eigenvalue weighted by molar-refractivity contribution is 4.97. The van der Waals surface area contributed by atoms with Gasteiger partial charge in [-0.2, -0.15) is 0 Å². The monoisotopic (exact) mass is 401 g/mol. The molecule has 7 unspecified atom stereocenters. The Bertz CT molecular complexity index is 469. The highest BCUT2D eigenvalue weighted by atomic mass is 14.8. The van der Waals surface area contributed by atoms with Crippen molar-refractivity contribution in [3.05, 3.63) is 12.2 Å². The van der Waals surface area contributed by atoms with Crippen LogP contribution in [0.2, 0.25) is 0 Å². The zero-order valence-electron chi connectivity index (χ0n) is 20.0. The van der Waals surface area contributed by atoms with Crippen molar-refractivity contribution in [1.82, 2.24) is 5.32 Å².